The number of benzene rings is 1. The minimum absolute atomic E-state index is 0.171. The van der Waals surface area contributed by atoms with Crippen LogP contribution in [0.15, 0.2) is 28.9 Å². The number of aromatic nitrogens is 1. The SMILES string of the molecule is O=C1Nc2cnc3ccc(Br)cc3c2C12CCC(F)(F)CC2. The first kappa shape index (κ1) is 14.1. The van der Waals surface area contributed by atoms with Gasteiger partial charge in [0, 0.05) is 28.3 Å². The van der Waals surface area contributed by atoms with Crippen LogP contribution in [0.1, 0.15) is 31.2 Å². The second kappa shape index (κ2) is 4.47. The molecule has 6 heteroatoms. The zero-order valence-corrected chi connectivity index (χ0v) is 13.2. The Labute approximate surface area is 134 Å². The molecule has 1 N–H and O–H groups in total. The maximum Gasteiger partial charge on any atom is 0.248 e. The average Bonchev–Trinajstić information content (AvgIpc) is 2.75. The number of anilines is 1. The van der Waals surface area contributed by atoms with Crippen LogP contribution in [0.4, 0.5) is 14.5 Å². The number of carbonyl (C=O) groups is 1. The Morgan fingerprint density at radius 2 is 1.91 bits per heavy atom. The van der Waals surface area contributed by atoms with E-state index in [1.165, 1.54) is 0 Å². The van der Waals surface area contributed by atoms with E-state index in [2.05, 4.69) is 26.2 Å². The van der Waals surface area contributed by atoms with E-state index >= 15 is 0 Å². The van der Waals surface area contributed by atoms with Crippen molar-refractivity contribution in [1.82, 2.24) is 4.98 Å². The molecular formula is C16H13BrF2N2O. The molecule has 0 radical (unpaired) electrons. The van der Waals surface area contributed by atoms with Crippen molar-refractivity contribution in [3.63, 3.8) is 0 Å². The van der Waals surface area contributed by atoms with Crippen LogP contribution < -0.4 is 5.32 Å². The normalized spacial score (nSPS) is 21.9. The summed E-state index contributed by atoms with van der Waals surface area (Å²) in [5.41, 5.74) is 1.41. The monoisotopic (exact) mass is 366 g/mol. The molecule has 2 aromatic rings. The summed E-state index contributed by atoms with van der Waals surface area (Å²) in [6.07, 6.45) is 1.47. The van der Waals surface area contributed by atoms with Crippen LogP contribution in [0, 0.1) is 0 Å². The molecule has 114 valence electrons. The van der Waals surface area contributed by atoms with Gasteiger partial charge >= 0.3 is 0 Å². The van der Waals surface area contributed by atoms with Gasteiger partial charge in [-0.25, -0.2) is 8.78 Å². The van der Waals surface area contributed by atoms with Crippen LogP contribution in [0.2, 0.25) is 0 Å². The van der Waals surface area contributed by atoms with Crippen molar-refractivity contribution >= 4 is 38.4 Å². The Kier molecular flexibility index (Phi) is 2.86. The second-order valence-electron chi connectivity index (χ2n) is 6.10. The number of carbonyl (C=O) groups excluding carboxylic acids is 1. The number of hydrogen-bond donors (Lipinski definition) is 1. The Hall–Kier alpha value is -1.56. The summed E-state index contributed by atoms with van der Waals surface area (Å²) >= 11 is 3.43. The molecule has 4 rings (SSSR count). The Morgan fingerprint density at radius 3 is 2.64 bits per heavy atom. The Morgan fingerprint density at radius 1 is 1.18 bits per heavy atom. The maximum absolute atomic E-state index is 13.6. The van der Waals surface area contributed by atoms with Crippen molar-refractivity contribution in [2.24, 2.45) is 0 Å². The maximum atomic E-state index is 13.6. The minimum Gasteiger partial charge on any atom is -0.324 e. The molecule has 0 unspecified atom stereocenters. The lowest BCUT2D eigenvalue weighted by atomic mass is 9.68. The number of fused-ring (bicyclic) bond motifs is 4. The number of halogens is 3. The molecule has 1 saturated carbocycles. The quantitative estimate of drug-likeness (QED) is 0.750. The third-order valence-corrected chi connectivity index (χ3v) is 5.32. The van der Waals surface area contributed by atoms with Crippen molar-refractivity contribution in [2.45, 2.75) is 37.0 Å². The summed E-state index contributed by atoms with van der Waals surface area (Å²) in [7, 11) is 0. The van der Waals surface area contributed by atoms with Gasteiger partial charge in [0.25, 0.3) is 0 Å². The summed E-state index contributed by atoms with van der Waals surface area (Å²) in [6.45, 7) is 0. The molecular weight excluding hydrogens is 354 g/mol. The van der Waals surface area contributed by atoms with Crippen LogP contribution in [0.25, 0.3) is 10.9 Å². The lowest BCUT2D eigenvalue weighted by Crippen LogP contribution is -2.41. The molecule has 1 fully saturated rings. The van der Waals surface area contributed by atoms with Crippen LogP contribution in [-0.2, 0) is 10.2 Å². The number of hydrogen-bond acceptors (Lipinski definition) is 2. The largest absolute Gasteiger partial charge is 0.324 e. The highest BCUT2D eigenvalue weighted by molar-refractivity contribution is 9.10. The average molecular weight is 367 g/mol. The lowest BCUT2D eigenvalue weighted by molar-refractivity contribution is -0.125. The van der Waals surface area contributed by atoms with E-state index in [4.69, 9.17) is 0 Å². The van der Waals surface area contributed by atoms with Crippen molar-refractivity contribution < 1.29 is 13.6 Å². The summed E-state index contributed by atoms with van der Waals surface area (Å²) in [4.78, 5) is 16.9. The van der Waals surface area contributed by atoms with Gasteiger partial charge in [-0.3, -0.25) is 9.78 Å². The van der Waals surface area contributed by atoms with Gasteiger partial charge in [-0.05, 0) is 31.0 Å². The summed E-state index contributed by atoms with van der Waals surface area (Å²) in [5.74, 6) is -2.84. The highest BCUT2D eigenvalue weighted by atomic mass is 79.9. The number of alkyl halides is 2. The van der Waals surface area contributed by atoms with Crippen LogP contribution >= 0.6 is 15.9 Å². The molecule has 1 aromatic carbocycles. The zero-order chi connectivity index (χ0) is 15.5. The fourth-order valence-corrected chi connectivity index (χ4v) is 4.01. The lowest BCUT2D eigenvalue weighted by Gasteiger charge is -2.36. The second-order valence-corrected chi connectivity index (χ2v) is 7.02. The predicted octanol–water partition coefficient (Wildman–Crippen LogP) is 4.40. The Bertz CT molecular complexity index is 796. The van der Waals surface area contributed by atoms with Crippen molar-refractivity contribution in [1.29, 1.82) is 0 Å². The minimum atomic E-state index is -2.67. The predicted molar refractivity (Wildman–Crippen MR) is 83.2 cm³/mol. The molecule has 1 amide bonds. The summed E-state index contributed by atoms with van der Waals surface area (Å²) < 4.78 is 28.0. The van der Waals surface area contributed by atoms with Gasteiger partial charge in [-0.15, -0.1) is 0 Å². The fraction of sp³-hybridized carbons (Fsp3) is 0.375. The number of amides is 1. The zero-order valence-electron chi connectivity index (χ0n) is 11.6. The van der Waals surface area contributed by atoms with Crippen molar-refractivity contribution in [2.75, 3.05) is 5.32 Å². The topological polar surface area (TPSA) is 42.0 Å². The van der Waals surface area contributed by atoms with Crippen molar-refractivity contribution in [3.05, 3.63) is 34.4 Å². The van der Waals surface area contributed by atoms with Crippen LogP contribution in [-0.4, -0.2) is 16.8 Å². The molecule has 0 bridgehead atoms. The number of nitrogens with one attached hydrogen (secondary N) is 1. The smallest absolute Gasteiger partial charge is 0.248 e. The molecule has 0 atom stereocenters. The highest BCUT2D eigenvalue weighted by Gasteiger charge is 2.53. The highest BCUT2D eigenvalue weighted by Crippen LogP contribution is 2.52. The van der Waals surface area contributed by atoms with E-state index in [-0.39, 0.29) is 31.6 Å². The van der Waals surface area contributed by atoms with Gasteiger partial charge in [0.05, 0.1) is 22.8 Å². The molecule has 1 spiro atoms. The molecule has 2 heterocycles. The number of pyridine rings is 1. The summed E-state index contributed by atoms with van der Waals surface area (Å²) in [5, 5.41) is 3.69. The van der Waals surface area contributed by atoms with E-state index in [9.17, 15) is 13.6 Å². The Balaban J connectivity index is 1.94. The summed E-state index contributed by atoms with van der Waals surface area (Å²) in [6, 6.07) is 5.66. The van der Waals surface area contributed by atoms with E-state index in [1.807, 2.05) is 18.2 Å². The molecule has 1 aromatic heterocycles. The van der Waals surface area contributed by atoms with E-state index in [0.717, 1.165) is 20.9 Å². The van der Waals surface area contributed by atoms with Gasteiger partial charge in [-0.1, -0.05) is 15.9 Å². The molecule has 1 aliphatic heterocycles. The number of nitrogens with zero attached hydrogens (tertiary/aromatic N) is 1. The third kappa shape index (κ3) is 1.89. The van der Waals surface area contributed by atoms with Gasteiger partial charge < -0.3 is 5.32 Å². The first-order valence-electron chi connectivity index (χ1n) is 7.19. The standard InChI is InChI=1S/C16H13BrF2N2O/c17-9-1-2-11-10(7-9)13-12(8-20-11)21-14(22)15(13)3-5-16(18,19)6-4-15/h1-2,7-8H,3-6H2,(H,21,22). The molecule has 2 aliphatic rings. The van der Waals surface area contributed by atoms with E-state index < -0.39 is 11.3 Å². The number of rotatable bonds is 0. The first-order valence-corrected chi connectivity index (χ1v) is 7.99. The van der Waals surface area contributed by atoms with Crippen molar-refractivity contribution in [3.8, 4) is 0 Å². The van der Waals surface area contributed by atoms with E-state index in [1.54, 1.807) is 6.20 Å². The van der Waals surface area contributed by atoms with Gasteiger partial charge in [0.2, 0.25) is 11.8 Å². The van der Waals surface area contributed by atoms with E-state index in [0.29, 0.717) is 5.69 Å². The van der Waals surface area contributed by atoms with Crippen LogP contribution in [0.3, 0.4) is 0 Å². The fourth-order valence-electron chi connectivity index (χ4n) is 3.65. The molecule has 1 aliphatic carbocycles. The van der Waals surface area contributed by atoms with Gasteiger partial charge in [-0.2, -0.15) is 0 Å². The van der Waals surface area contributed by atoms with Gasteiger partial charge in [0.1, 0.15) is 0 Å². The van der Waals surface area contributed by atoms with Gasteiger partial charge in [0.15, 0.2) is 0 Å². The molecule has 22 heavy (non-hydrogen) atoms. The molecule has 3 nitrogen and oxygen atoms in total. The third-order valence-electron chi connectivity index (χ3n) is 4.83. The molecule has 0 saturated heterocycles. The first-order chi connectivity index (χ1) is 10.4. The van der Waals surface area contributed by atoms with Crippen LogP contribution in [0.5, 0.6) is 0 Å².